The Hall–Kier alpha value is -1.14. The molecule has 0 aromatic rings. The van der Waals surface area contributed by atoms with Gasteiger partial charge in [0.1, 0.15) is 0 Å². The molecular formula is C6H8CrO8. The zero-order chi connectivity index (χ0) is 11.5. The van der Waals surface area contributed by atoms with Crippen LogP contribution in [-0.4, -0.2) is 55.1 Å². The molecule has 86 valence electrons. The molecule has 0 bridgehead atoms. The number of carboxylic acid groups (broad SMARTS) is 3. The van der Waals surface area contributed by atoms with Crippen molar-refractivity contribution in [3.8, 4) is 0 Å². The predicted octanol–water partition coefficient (Wildman–Crippen LogP) is -2.28. The fourth-order valence-corrected chi connectivity index (χ4v) is 0.724. The maximum absolute atomic E-state index is 10.4. The second-order valence-electron chi connectivity index (χ2n) is 2.54. The topological polar surface area (TPSA) is 152 Å². The number of aliphatic hydroxyl groups excluding tert-OH is 1. The summed E-state index contributed by atoms with van der Waals surface area (Å²) in [4.78, 5) is 30.7. The van der Waals surface area contributed by atoms with Gasteiger partial charge in [-0.15, -0.1) is 0 Å². The molecule has 8 nitrogen and oxygen atoms in total. The summed E-state index contributed by atoms with van der Waals surface area (Å²) in [5, 5.41) is 42.6. The van der Waals surface area contributed by atoms with E-state index < -0.39 is 36.0 Å². The summed E-state index contributed by atoms with van der Waals surface area (Å²) in [6, 6.07) is 0. The van der Waals surface area contributed by atoms with E-state index in [2.05, 4.69) is 0 Å². The van der Waals surface area contributed by atoms with Crippen LogP contribution in [0, 0.1) is 0 Å². The molecule has 2 atom stereocenters. The Morgan fingerprint density at radius 2 is 1.53 bits per heavy atom. The van der Waals surface area contributed by atoms with Crippen LogP contribution in [0.25, 0.3) is 0 Å². The van der Waals surface area contributed by atoms with E-state index in [0.717, 1.165) is 0 Å². The largest absolute Gasteiger partial charge is 0.481 e. The van der Waals surface area contributed by atoms with Gasteiger partial charge in [0.05, 0.1) is 6.42 Å². The van der Waals surface area contributed by atoms with Crippen molar-refractivity contribution in [1.29, 1.82) is 0 Å². The van der Waals surface area contributed by atoms with Crippen LogP contribution < -0.4 is 0 Å². The van der Waals surface area contributed by atoms with Gasteiger partial charge in [0.2, 0.25) is 5.60 Å². The van der Waals surface area contributed by atoms with Crippen molar-refractivity contribution in [3.63, 3.8) is 0 Å². The maximum Gasteiger partial charge on any atom is 0.339 e. The van der Waals surface area contributed by atoms with Gasteiger partial charge in [-0.2, -0.15) is 0 Å². The molecule has 0 heterocycles. The quantitative estimate of drug-likeness (QED) is 0.370. The van der Waals surface area contributed by atoms with Crippen molar-refractivity contribution in [2.75, 3.05) is 0 Å². The Morgan fingerprint density at radius 1 is 1.13 bits per heavy atom. The van der Waals surface area contributed by atoms with Crippen LogP contribution in [0.5, 0.6) is 0 Å². The molecule has 0 aliphatic carbocycles. The molecule has 15 heavy (non-hydrogen) atoms. The van der Waals surface area contributed by atoms with Gasteiger partial charge in [-0.1, -0.05) is 0 Å². The number of hydrogen-bond donors (Lipinski definition) is 5. The smallest absolute Gasteiger partial charge is 0.339 e. The molecule has 5 N–H and O–H groups in total. The average molecular weight is 260 g/mol. The van der Waals surface area contributed by atoms with Crippen LogP contribution in [-0.2, 0) is 31.7 Å². The molecule has 0 aliphatic heterocycles. The molecule has 0 rings (SSSR count). The third-order valence-corrected chi connectivity index (χ3v) is 1.48. The van der Waals surface area contributed by atoms with Crippen LogP contribution in [0.1, 0.15) is 6.42 Å². The number of carbonyl (C=O) groups is 3. The van der Waals surface area contributed by atoms with E-state index in [1.165, 1.54) is 0 Å². The van der Waals surface area contributed by atoms with Gasteiger partial charge in [0.25, 0.3) is 0 Å². The fraction of sp³-hybridized carbons (Fsp3) is 0.500. The second-order valence-corrected chi connectivity index (χ2v) is 2.54. The Kier molecular flexibility index (Phi) is 6.16. The van der Waals surface area contributed by atoms with E-state index in [-0.39, 0.29) is 17.4 Å². The minimum absolute atomic E-state index is 0. The minimum atomic E-state index is -3.22. The predicted molar refractivity (Wildman–Crippen MR) is 38.5 cm³/mol. The van der Waals surface area contributed by atoms with Gasteiger partial charge in [-0.3, -0.25) is 4.79 Å². The van der Waals surface area contributed by atoms with E-state index in [0.29, 0.717) is 0 Å². The van der Waals surface area contributed by atoms with Gasteiger partial charge in [0, 0.05) is 17.4 Å². The van der Waals surface area contributed by atoms with E-state index >= 15 is 0 Å². The normalized spacial score (nSPS) is 15.6. The molecule has 0 saturated heterocycles. The van der Waals surface area contributed by atoms with Crippen molar-refractivity contribution in [3.05, 3.63) is 0 Å². The third kappa shape index (κ3) is 3.85. The maximum atomic E-state index is 10.4. The fourth-order valence-electron chi connectivity index (χ4n) is 0.724. The molecule has 0 aliphatic rings. The molecule has 0 saturated carbocycles. The molecule has 0 aromatic heterocycles. The standard InChI is InChI=1S/C6H8O8.Cr/c7-2(8)1-6(14,5(12)13)3(9)4(10)11;/h3,9,14H,1H2,(H,7,8)(H,10,11)(H,12,13);. The second kappa shape index (κ2) is 5.67. The summed E-state index contributed by atoms with van der Waals surface area (Å²) in [5.41, 5.74) is -3.22. The number of rotatable bonds is 5. The molecule has 0 aromatic carbocycles. The van der Waals surface area contributed by atoms with Gasteiger partial charge in [-0.25, -0.2) is 9.59 Å². The Morgan fingerprint density at radius 3 is 1.73 bits per heavy atom. The van der Waals surface area contributed by atoms with Crippen LogP contribution in [0.15, 0.2) is 0 Å². The Bertz CT molecular complexity index is 276. The van der Waals surface area contributed by atoms with E-state index in [1.54, 1.807) is 0 Å². The van der Waals surface area contributed by atoms with Gasteiger partial charge >= 0.3 is 17.9 Å². The Labute approximate surface area is 93.9 Å². The summed E-state index contributed by atoms with van der Waals surface area (Å²) in [5.74, 6) is -5.87. The van der Waals surface area contributed by atoms with Crippen molar-refractivity contribution < 1.29 is 57.3 Å². The van der Waals surface area contributed by atoms with Gasteiger partial charge in [0.15, 0.2) is 6.10 Å². The summed E-state index contributed by atoms with van der Waals surface area (Å²) < 4.78 is 0. The molecule has 9 heteroatoms. The first-order valence-corrected chi connectivity index (χ1v) is 3.30. The molecule has 0 radical (unpaired) electrons. The van der Waals surface area contributed by atoms with E-state index in [1.807, 2.05) is 0 Å². The summed E-state index contributed by atoms with van der Waals surface area (Å²) in [6.07, 6.45) is -4.11. The molecule has 0 amide bonds. The van der Waals surface area contributed by atoms with E-state index in [9.17, 15) is 14.4 Å². The zero-order valence-electron chi connectivity index (χ0n) is 7.15. The van der Waals surface area contributed by atoms with E-state index in [4.69, 9.17) is 25.5 Å². The summed E-state index contributed by atoms with van der Waals surface area (Å²) in [6.45, 7) is 0. The third-order valence-electron chi connectivity index (χ3n) is 1.48. The minimum Gasteiger partial charge on any atom is -0.481 e. The van der Waals surface area contributed by atoms with Crippen LogP contribution in [0.3, 0.4) is 0 Å². The number of hydrogen-bond acceptors (Lipinski definition) is 5. The van der Waals surface area contributed by atoms with Crippen LogP contribution in [0.4, 0.5) is 0 Å². The Balaban J connectivity index is 0. The SMILES string of the molecule is O=C(O)CC(O)(C(=O)O)C(O)C(=O)O.[Cr]. The van der Waals surface area contributed by atoms with Gasteiger partial charge in [-0.05, 0) is 0 Å². The van der Waals surface area contributed by atoms with Gasteiger partial charge < -0.3 is 25.5 Å². The first-order chi connectivity index (χ1) is 6.21. The number of carboxylic acids is 3. The van der Waals surface area contributed by atoms with Crippen LogP contribution >= 0.6 is 0 Å². The average Bonchev–Trinajstić information content (AvgIpc) is 2.00. The van der Waals surface area contributed by atoms with Crippen molar-refractivity contribution >= 4 is 17.9 Å². The number of aliphatic hydroxyl groups is 2. The summed E-state index contributed by atoms with van der Waals surface area (Å²) in [7, 11) is 0. The van der Waals surface area contributed by atoms with Crippen molar-refractivity contribution in [1.82, 2.24) is 0 Å². The van der Waals surface area contributed by atoms with Crippen molar-refractivity contribution in [2.24, 2.45) is 0 Å². The first kappa shape index (κ1) is 16.3. The van der Waals surface area contributed by atoms with Crippen LogP contribution in [0.2, 0.25) is 0 Å². The molecule has 2 unspecified atom stereocenters. The number of aliphatic carboxylic acids is 3. The first-order valence-electron chi connectivity index (χ1n) is 3.30. The zero-order valence-corrected chi connectivity index (χ0v) is 8.43. The molecule has 0 spiro atoms. The summed E-state index contributed by atoms with van der Waals surface area (Å²) >= 11 is 0. The monoisotopic (exact) mass is 260 g/mol. The van der Waals surface area contributed by atoms with Crippen molar-refractivity contribution in [2.45, 2.75) is 18.1 Å². The molecular weight excluding hydrogens is 252 g/mol. The molecule has 0 fully saturated rings.